The molecule has 1 rings (SSSR count). The summed E-state index contributed by atoms with van der Waals surface area (Å²) in [6.45, 7) is 1.28. The van der Waals surface area contributed by atoms with Crippen molar-refractivity contribution in [3.8, 4) is 0 Å². The zero-order valence-corrected chi connectivity index (χ0v) is 9.49. The summed E-state index contributed by atoms with van der Waals surface area (Å²) in [5.74, 6) is -0.343. The molecule has 14 heavy (non-hydrogen) atoms. The standard InChI is InChI=1S/C9H6BrClF2O/c1-4(14)7-6(11)3-2-5(8(7)10)9(12)13/h2-3,9H,1H3. The highest BCUT2D eigenvalue weighted by Gasteiger charge is 2.18. The van der Waals surface area contributed by atoms with Crippen molar-refractivity contribution in [3.05, 3.63) is 32.8 Å². The Morgan fingerprint density at radius 3 is 2.50 bits per heavy atom. The molecule has 0 aromatic heterocycles. The van der Waals surface area contributed by atoms with E-state index in [0.717, 1.165) is 0 Å². The quantitative estimate of drug-likeness (QED) is 0.742. The molecule has 0 spiro atoms. The van der Waals surface area contributed by atoms with Crippen molar-refractivity contribution in [2.24, 2.45) is 0 Å². The molecule has 0 radical (unpaired) electrons. The summed E-state index contributed by atoms with van der Waals surface area (Å²) in [5, 5.41) is 0.175. The number of Topliss-reactive ketones (excluding diaryl/α,β-unsaturated/α-hetero) is 1. The maximum absolute atomic E-state index is 12.4. The fourth-order valence-electron chi connectivity index (χ4n) is 1.06. The highest BCUT2D eigenvalue weighted by molar-refractivity contribution is 9.10. The fourth-order valence-corrected chi connectivity index (χ4v) is 2.26. The van der Waals surface area contributed by atoms with Crippen LogP contribution in [0.5, 0.6) is 0 Å². The van der Waals surface area contributed by atoms with E-state index in [2.05, 4.69) is 15.9 Å². The minimum Gasteiger partial charge on any atom is -0.294 e. The van der Waals surface area contributed by atoms with Gasteiger partial charge in [0.15, 0.2) is 5.78 Å². The SMILES string of the molecule is CC(=O)c1c(Cl)ccc(C(F)F)c1Br. The van der Waals surface area contributed by atoms with E-state index >= 15 is 0 Å². The minimum atomic E-state index is -2.63. The summed E-state index contributed by atoms with van der Waals surface area (Å²) in [6, 6.07) is 2.49. The van der Waals surface area contributed by atoms with Gasteiger partial charge in [-0.25, -0.2) is 8.78 Å². The molecule has 0 aliphatic carbocycles. The number of hydrogen-bond donors (Lipinski definition) is 0. The molecule has 0 aliphatic rings. The van der Waals surface area contributed by atoms with Gasteiger partial charge >= 0.3 is 0 Å². The largest absolute Gasteiger partial charge is 0.294 e. The van der Waals surface area contributed by atoms with Crippen LogP contribution in [-0.2, 0) is 0 Å². The lowest BCUT2D eigenvalue weighted by atomic mass is 10.1. The highest BCUT2D eigenvalue weighted by Crippen LogP contribution is 2.34. The highest BCUT2D eigenvalue weighted by atomic mass is 79.9. The van der Waals surface area contributed by atoms with Crippen LogP contribution in [0, 0.1) is 0 Å². The van der Waals surface area contributed by atoms with Crippen molar-refractivity contribution in [2.75, 3.05) is 0 Å². The maximum Gasteiger partial charge on any atom is 0.264 e. The van der Waals surface area contributed by atoms with Gasteiger partial charge in [0.1, 0.15) is 0 Å². The van der Waals surface area contributed by atoms with Gasteiger partial charge in [-0.3, -0.25) is 4.79 Å². The predicted octanol–water partition coefficient (Wildman–Crippen LogP) is 4.24. The van der Waals surface area contributed by atoms with Crippen LogP contribution in [0.3, 0.4) is 0 Å². The molecule has 5 heteroatoms. The molecule has 0 N–H and O–H groups in total. The van der Waals surface area contributed by atoms with Crippen molar-refractivity contribution in [1.29, 1.82) is 0 Å². The van der Waals surface area contributed by atoms with E-state index in [1.54, 1.807) is 0 Å². The normalized spacial score (nSPS) is 10.7. The molecule has 1 aromatic rings. The van der Waals surface area contributed by atoms with E-state index in [9.17, 15) is 13.6 Å². The van der Waals surface area contributed by atoms with Gasteiger partial charge in [0.25, 0.3) is 6.43 Å². The summed E-state index contributed by atoms with van der Waals surface area (Å²) in [4.78, 5) is 11.1. The molecule has 0 aliphatic heterocycles. The molecule has 0 heterocycles. The second-order valence-electron chi connectivity index (χ2n) is 2.68. The summed E-state index contributed by atoms with van der Waals surface area (Å²) >= 11 is 8.65. The van der Waals surface area contributed by atoms with Crippen LogP contribution in [0.15, 0.2) is 16.6 Å². The lowest BCUT2D eigenvalue weighted by molar-refractivity contribution is 0.101. The van der Waals surface area contributed by atoms with Crippen LogP contribution in [0.4, 0.5) is 8.78 Å². The average Bonchev–Trinajstić information content (AvgIpc) is 2.02. The van der Waals surface area contributed by atoms with Gasteiger partial charge in [0, 0.05) is 10.0 Å². The Morgan fingerprint density at radius 1 is 1.50 bits per heavy atom. The summed E-state index contributed by atoms with van der Waals surface area (Å²) in [5.41, 5.74) is -0.121. The molecule has 0 fully saturated rings. The average molecular weight is 283 g/mol. The van der Waals surface area contributed by atoms with Gasteiger partial charge in [0.05, 0.1) is 10.6 Å². The van der Waals surface area contributed by atoms with Crippen LogP contribution >= 0.6 is 27.5 Å². The van der Waals surface area contributed by atoms with Crippen molar-refractivity contribution in [2.45, 2.75) is 13.3 Å². The van der Waals surface area contributed by atoms with E-state index in [-0.39, 0.29) is 26.4 Å². The lowest BCUT2D eigenvalue weighted by Gasteiger charge is -2.08. The molecule has 0 bridgehead atoms. The van der Waals surface area contributed by atoms with Gasteiger partial charge in [-0.1, -0.05) is 17.7 Å². The van der Waals surface area contributed by atoms with E-state index in [0.29, 0.717) is 0 Å². The number of alkyl halides is 2. The van der Waals surface area contributed by atoms with Crippen LogP contribution in [0.1, 0.15) is 29.3 Å². The molecule has 0 saturated carbocycles. The van der Waals surface area contributed by atoms with Gasteiger partial charge in [0.2, 0.25) is 0 Å². The van der Waals surface area contributed by atoms with Crippen LogP contribution < -0.4 is 0 Å². The van der Waals surface area contributed by atoms with E-state index in [1.165, 1.54) is 19.1 Å². The summed E-state index contributed by atoms with van der Waals surface area (Å²) in [6.07, 6.45) is -2.63. The molecular formula is C9H6BrClF2O. The number of rotatable bonds is 2. The lowest BCUT2D eigenvalue weighted by Crippen LogP contribution is -1.99. The van der Waals surface area contributed by atoms with E-state index in [4.69, 9.17) is 11.6 Å². The third kappa shape index (κ3) is 2.12. The molecule has 1 nitrogen and oxygen atoms in total. The topological polar surface area (TPSA) is 17.1 Å². The number of benzene rings is 1. The van der Waals surface area contributed by atoms with Crippen molar-refractivity contribution in [3.63, 3.8) is 0 Å². The summed E-state index contributed by atoms with van der Waals surface area (Å²) < 4.78 is 24.9. The number of ketones is 1. The van der Waals surface area contributed by atoms with Crippen LogP contribution in [0.2, 0.25) is 5.02 Å². The van der Waals surface area contributed by atoms with E-state index < -0.39 is 6.43 Å². The third-order valence-electron chi connectivity index (χ3n) is 1.71. The Kier molecular flexibility index (Phi) is 3.61. The van der Waals surface area contributed by atoms with Crippen molar-refractivity contribution < 1.29 is 13.6 Å². The zero-order valence-electron chi connectivity index (χ0n) is 7.15. The zero-order chi connectivity index (χ0) is 10.9. The summed E-state index contributed by atoms with van der Waals surface area (Å²) in [7, 11) is 0. The van der Waals surface area contributed by atoms with Gasteiger partial charge in [-0.2, -0.15) is 0 Å². The third-order valence-corrected chi connectivity index (χ3v) is 2.88. The molecule has 0 saturated heterocycles. The molecule has 0 atom stereocenters. The fraction of sp³-hybridized carbons (Fsp3) is 0.222. The van der Waals surface area contributed by atoms with Crippen LogP contribution in [-0.4, -0.2) is 5.78 Å². The smallest absolute Gasteiger partial charge is 0.264 e. The Labute approximate surface area is 93.2 Å². The monoisotopic (exact) mass is 282 g/mol. The Morgan fingerprint density at radius 2 is 2.07 bits per heavy atom. The Bertz CT molecular complexity index is 379. The Balaban J connectivity index is 3.41. The number of carbonyl (C=O) groups excluding carboxylic acids is 1. The molecule has 0 unspecified atom stereocenters. The van der Waals surface area contributed by atoms with Gasteiger partial charge in [-0.05, 0) is 28.9 Å². The van der Waals surface area contributed by atoms with Crippen molar-refractivity contribution >= 4 is 33.3 Å². The second-order valence-corrected chi connectivity index (χ2v) is 3.88. The first-order chi connectivity index (χ1) is 6.45. The van der Waals surface area contributed by atoms with Crippen molar-refractivity contribution in [1.82, 2.24) is 0 Å². The number of halogens is 4. The minimum absolute atomic E-state index is 0.0764. The van der Waals surface area contributed by atoms with Gasteiger partial charge in [-0.15, -0.1) is 0 Å². The first kappa shape index (κ1) is 11.6. The van der Waals surface area contributed by atoms with Crippen LogP contribution in [0.25, 0.3) is 0 Å². The molecule has 1 aromatic carbocycles. The first-order valence-electron chi connectivity index (χ1n) is 3.72. The second kappa shape index (κ2) is 4.36. The first-order valence-corrected chi connectivity index (χ1v) is 4.89. The molecule has 76 valence electrons. The number of carbonyl (C=O) groups is 1. The molecular weight excluding hydrogens is 277 g/mol. The van der Waals surface area contributed by atoms with Gasteiger partial charge < -0.3 is 0 Å². The maximum atomic E-state index is 12.4. The Hall–Kier alpha value is -0.480. The predicted molar refractivity (Wildman–Crippen MR) is 54.1 cm³/mol. The number of hydrogen-bond acceptors (Lipinski definition) is 1. The van der Waals surface area contributed by atoms with E-state index in [1.807, 2.05) is 0 Å². The molecule has 0 amide bonds.